The molecule has 0 aliphatic heterocycles. The monoisotopic (exact) mass is 206 g/mol. The lowest BCUT2D eigenvalue weighted by atomic mass is 10.5. The minimum Gasteiger partial charge on any atom is -0.481 e. The van der Waals surface area contributed by atoms with Crippen LogP contribution >= 0.6 is 0 Å². The average Bonchev–Trinajstić information content (AvgIpc) is 1.98. The predicted molar refractivity (Wildman–Crippen MR) is 41.5 cm³/mol. The normalized spacial score (nSPS) is 9.85. The fourth-order valence-corrected chi connectivity index (χ4v) is 1.18. The summed E-state index contributed by atoms with van der Waals surface area (Å²) in [7, 11) is -3.89. The summed E-state index contributed by atoms with van der Waals surface area (Å²) < 4.78 is 21.5. The van der Waals surface area contributed by atoms with E-state index in [-0.39, 0.29) is 0 Å². The largest absolute Gasteiger partial charge is 0.481 e. The molecule has 0 atom stereocenters. The van der Waals surface area contributed by atoms with Crippen molar-refractivity contribution in [1.82, 2.24) is 0 Å². The highest BCUT2D eigenvalue weighted by Gasteiger charge is 2.09. The van der Waals surface area contributed by atoms with Crippen LogP contribution in [0.25, 0.3) is 0 Å². The second-order valence-corrected chi connectivity index (χ2v) is 3.84. The minimum atomic E-state index is -3.89. The van der Waals surface area contributed by atoms with Gasteiger partial charge in [0, 0.05) is 11.2 Å². The van der Waals surface area contributed by atoms with Gasteiger partial charge >= 0.3 is 11.9 Å². The number of carbonyl (C=O) groups is 2. The van der Waals surface area contributed by atoms with Crippen molar-refractivity contribution >= 4 is 21.8 Å². The Morgan fingerprint density at radius 3 is 2.15 bits per heavy atom. The van der Waals surface area contributed by atoms with Gasteiger partial charge < -0.3 is 10.2 Å². The van der Waals surface area contributed by atoms with Crippen LogP contribution in [-0.4, -0.2) is 36.3 Å². The summed E-state index contributed by atoms with van der Waals surface area (Å²) in [4.78, 5) is 19.8. The van der Waals surface area contributed by atoms with Crippen LogP contribution in [0.1, 0.15) is 6.42 Å². The van der Waals surface area contributed by atoms with Crippen molar-refractivity contribution in [3.8, 4) is 11.2 Å². The van der Waals surface area contributed by atoms with Gasteiger partial charge in [-0.15, -0.1) is 0 Å². The molecule has 0 fully saturated rings. The fourth-order valence-electron chi connectivity index (χ4n) is 0.394. The van der Waals surface area contributed by atoms with Gasteiger partial charge in [0.1, 0.15) is 0 Å². The van der Waals surface area contributed by atoms with Crippen LogP contribution in [0.2, 0.25) is 0 Å². The van der Waals surface area contributed by atoms with E-state index in [4.69, 9.17) is 10.2 Å². The van der Waals surface area contributed by atoms with Crippen molar-refractivity contribution in [2.75, 3.05) is 5.75 Å². The summed E-state index contributed by atoms with van der Waals surface area (Å²) in [5.74, 6) is -2.13. The number of rotatable bonds is 3. The van der Waals surface area contributed by atoms with Crippen molar-refractivity contribution in [3.63, 3.8) is 0 Å². The molecular weight excluding hydrogens is 200 g/mol. The molecule has 0 aliphatic rings. The van der Waals surface area contributed by atoms with Gasteiger partial charge in [0.15, 0.2) is 0 Å². The highest BCUT2D eigenvalue weighted by Crippen LogP contribution is 1.91. The first kappa shape index (κ1) is 11.4. The SMILES string of the molecule is O=C(O)C#CS(=O)(=O)CCC(=O)O. The lowest BCUT2D eigenvalue weighted by Gasteiger charge is -1.90. The summed E-state index contributed by atoms with van der Waals surface area (Å²) in [6, 6.07) is 0. The Labute approximate surface area is 74.1 Å². The van der Waals surface area contributed by atoms with Crippen molar-refractivity contribution in [2.24, 2.45) is 0 Å². The molecule has 0 amide bonds. The molecule has 0 bridgehead atoms. The first-order valence-corrected chi connectivity index (χ1v) is 4.69. The molecule has 6 nitrogen and oxygen atoms in total. The van der Waals surface area contributed by atoms with Gasteiger partial charge in [-0.3, -0.25) is 4.79 Å². The standard InChI is InChI=1S/C6H6O6S/c7-5(8)1-3-13(11,12)4-2-6(9)10/h1,3H2,(H,7,8)(H,9,10). The number of hydrogen-bond donors (Lipinski definition) is 2. The summed E-state index contributed by atoms with van der Waals surface area (Å²) >= 11 is 0. The quantitative estimate of drug-likeness (QED) is 0.449. The Balaban J connectivity index is 4.37. The highest BCUT2D eigenvalue weighted by molar-refractivity contribution is 7.96. The van der Waals surface area contributed by atoms with Crippen molar-refractivity contribution in [3.05, 3.63) is 0 Å². The molecule has 0 unspecified atom stereocenters. The second-order valence-electron chi connectivity index (χ2n) is 1.99. The molecule has 0 aromatic heterocycles. The first-order chi connectivity index (χ1) is 5.83. The van der Waals surface area contributed by atoms with Gasteiger partial charge in [0.2, 0.25) is 9.84 Å². The van der Waals surface area contributed by atoms with E-state index < -0.39 is 33.9 Å². The van der Waals surface area contributed by atoms with Gasteiger partial charge in [-0.25, -0.2) is 13.2 Å². The van der Waals surface area contributed by atoms with Gasteiger partial charge in [0.05, 0.1) is 12.2 Å². The molecule has 0 saturated heterocycles. The Morgan fingerprint density at radius 1 is 1.23 bits per heavy atom. The Morgan fingerprint density at radius 2 is 1.77 bits per heavy atom. The molecule has 0 radical (unpaired) electrons. The fraction of sp³-hybridized carbons (Fsp3) is 0.333. The van der Waals surface area contributed by atoms with Crippen molar-refractivity contribution in [2.45, 2.75) is 6.42 Å². The van der Waals surface area contributed by atoms with Crippen molar-refractivity contribution in [1.29, 1.82) is 0 Å². The molecule has 0 aromatic rings. The van der Waals surface area contributed by atoms with Gasteiger partial charge in [-0.2, -0.15) is 0 Å². The third-order valence-electron chi connectivity index (χ3n) is 0.898. The summed E-state index contributed by atoms with van der Waals surface area (Å²) in [6.45, 7) is 0. The van der Waals surface area contributed by atoms with E-state index in [1.807, 2.05) is 0 Å². The molecule has 0 rings (SSSR count). The van der Waals surface area contributed by atoms with E-state index >= 15 is 0 Å². The Kier molecular flexibility index (Phi) is 3.94. The highest BCUT2D eigenvalue weighted by atomic mass is 32.2. The minimum absolute atomic E-state index is 0.587. The second kappa shape index (κ2) is 4.47. The summed E-state index contributed by atoms with van der Waals surface area (Å²) in [5.41, 5.74) is 0. The Hall–Kier alpha value is -1.55. The third-order valence-corrected chi connectivity index (χ3v) is 2.05. The number of carboxylic acid groups (broad SMARTS) is 2. The molecule has 0 heterocycles. The molecule has 2 N–H and O–H groups in total. The van der Waals surface area contributed by atoms with Crippen LogP contribution in [0.5, 0.6) is 0 Å². The van der Waals surface area contributed by atoms with Crippen LogP contribution in [0, 0.1) is 11.2 Å². The maximum Gasteiger partial charge on any atom is 0.382 e. The molecular formula is C6H6O6S. The zero-order chi connectivity index (χ0) is 10.5. The lowest BCUT2D eigenvalue weighted by molar-refractivity contribution is -0.136. The van der Waals surface area contributed by atoms with E-state index in [0.717, 1.165) is 0 Å². The van der Waals surface area contributed by atoms with Crippen LogP contribution < -0.4 is 0 Å². The average molecular weight is 206 g/mol. The molecule has 0 spiro atoms. The van der Waals surface area contributed by atoms with Crippen molar-refractivity contribution < 1.29 is 28.2 Å². The van der Waals surface area contributed by atoms with E-state index in [1.165, 1.54) is 11.2 Å². The van der Waals surface area contributed by atoms with E-state index in [9.17, 15) is 18.0 Å². The molecule has 0 saturated carbocycles. The van der Waals surface area contributed by atoms with Crippen LogP contribution in [0.15, 0.2) is 0 Å². The number of carboxylic acids is 2. The van der Waals surface area contributed by atoms with Crippen LogP contribution in [-0.2, 0) is 19.4 Å². The summed E-state index contributed by atoms with van der Waals surface area (Å²) in [6.07, 6.45) is -0.587. The Bertz CT molecular complexity index is 368. The summed E-state index contributed by atoms with van der Waals surface area (Å²) in [5, 5.41) is 17.6. The molecule has 72 valence electrons. The van der Waals surface area contributed by atoms with Crippen LogP contribution in [0.4, 0.5) is 0 Å². The number of hydrogen-bond acceptors (Lipinski definition) is 4. The number of sulfone groups is 1. The zero-order valence-corrected chi connectivity index (χ0v) is 7.17. The molecule has 13 heavy (non-hydrogen) atoms. The van der Waals surface area contributed by atoms with E-state index in [1.54, 1.807) is 0 Å². The zero-order valence-electron chi connectivity index (χ0n) is 6.35. The maximum atomic E-state index is 10.7. The predicted octanol–water partition coefficient (Wildman–Crippen LogP) is -1.08. The smallest absolute Gasteiger partial charge is 0.382 e. The first-order valence-electron chi connectivity index (χ1n) is 3.04. The molecule has 7 heteroatoms. The van der Waals surface area contributed by atoms with Gasteiger partial charge in [-0.05, 0) is 0 Å². The van der Waals surface area contributed by atoms with Gasteiger partial charge in [-0.1, -0.05) is 0 Å². The lowest BCUT2D eigenvalue weighted by Crippen LogP contribution is -2.08. The maximum absolute atomic E-state index is 10.7. The van der Waals surface area contributed by atoms with Gasteiger partial charge in [0.25, 0.3) is 0 Å². The molecule has 0 aromatic carbocycles. The van der Waals surface area contributed by atoms with E-state index in [0.29, 0.717) is 0 Å². The van der Waals surface area contributed by atoms with Crippen LogP contribution in [0.3, 0.4) is 0 Å². The number of aliphatic carboxylic acids is 2. The van der Waals surface area contributed by atoms with E-state index in [2.05, 4.69) is 0 Å². The third kappa shape index (κ3) is 6.83. The topological polar surface area (TPSA) is 109 Å². The molecule has 0 aliphatic carbocycles.